The average Bonchev–Trinajstić information content (AvgIpc) is 2.18. The Morgan fingerprint density at radius 1 is 1.53 bits per heavy atom. The fourth-order valence-corrected chi connectivity index (χ4v) is 1.32. The quantitative estimate of drug-likeness (QED) is 0.799. The molecule has 5 nitrogen and oxygen atoms in total. The van der Waals surface area contributed by atoms with Crippen LogP contribution >= 0.6 is 15.9 Å². The minimum absolute atomic E-state index is 0.241. The van der Waals surface area contributed by atoms with Gasteiger partial charge in [0.1, 0.15) is 22.4 Å². The van der Waals surface area contributed by atoms with E-state index in [1.165, 1.54) is 6.33 Å². The van der Waals surface area contributed by atoms with Crippen LogP contribution in [0.3, 0.4) is 0 Å². The molecule has 3 N–H and O–H groups in total. The number of ether oxygens (including phenoxy) is 1. The van der Waals surface area contributed by atoms with Crippen LogP contribution in [0.15, 0.2) is 10.8 Å². The molecule has 1 aromatic rings. The summed E-state index contributed by atoms with van der Waals surface area (Å²) in [5.41, 5.74) is 5.60. The lowest BCUT2D eigenvalue weighted by Crippen LogP contribution is -2.14. The number of aromatic nitrogens is 2. The predicted octanol–water partition coefficient (Wildman–Crippen LogP) is 1.66. The van der Waals surface area contributed by atoms with E-state index in [4.69, 9.17) is 10.5 Å². The van der Waals surface area contributed by atoms with E-state index in [1.54, 1.807) is 0 Å². The number of halogens is 1. The van der Waals surface area contributed by atoms with E-state index in [2.05, 4.69) is 31.2 Å². The van der Waals surface area contributed by atoms with Gasteiger partial charge in [-0.15, -0.1) is 0 Å². The molecule has 0 aromatic carbocycles. The molecule has 0 saturated carbocycles. The second-order valence-electron chi connectivity index (χ2n) is 3.27. The molecule has 0 spiro atoms. The van der Waals surface area contributed by atoms with Gasteiger partial charge in [0, 0.05) is 6.54 Å². The van der Waals surface area contributed by atoms with Gasteiger partial charge in [0.15, 0.2) is 0 Å². The lowest BCUT2D eigenvalue weighted by molar-refractivity contribution is 0.0870. The average molecular weight is 275 g/mol. The van der Waals surface area contributed by atoms with Gasteiger partial charge in [0.25, 0.3) is 0 Å². The van der Waals surface area contributed by atoms with Crippen molar-refractivity contribution in [2.24, 2.45) is 0 Å². The minimum Gasteiger partial charge on any atom is -0.383 e. The second-order valence-corrected chi connectivity index (χ2v) is 4.06. The maximum atomic E-state index is 5.60. The van der Waals surface area contributed by atoms with E-state index >= 15 is 0 Å². The molecule has 1 rings (SSSR count). The summed E-state index contributed by atoms with van der Waals surface area (Å²) < 4.78 is 6.07. The molecule has 84 valence electrons. The Balaban J connectivity index is 2.41. The molecule has 6 heteroatoms. The summed E-state index contributed by atoms with van der Waals surface area (Å²) in [6, 6.07) is 0. The number of anilines is 2. The molecular formula is C9H15BrN4O. The molecule has 0 amide bonds. The van der Waals surface area contributed by atoms with Crippen LogP contribution in [-0.2, 0) is 4.74 Å². The van der Waals surface area contributed by atoms with Gasteiger partial charge in [-0.25, -0.2) is 9.97 Å². The summed E-state index contributed by atoms with van der Waals surface area (Å²) in [7, 11) is 0. The molecule has 0 atom stereocenters. The van der Waals surface area contributed by atoms with Crippen LogP contribution in [-0.4, -0.2) is 29.2 Å². The smallest absolute Gasteiger partial charge is 0.146 e. The Bertz CT molecular complexity index is 319. The molecule has 15 heavy (non-hydrogen) atoms. The first-order chi connectivity index (χ1) is 7.11. The third-order valence-corrected chi connectivity index (χ3v) is 2.44. The second kappa shape index (κ2) is 5.87. The summed E-state index contributed by atoms with van der Waals surface area (Å²) in [4.78, 5) is 7.90. The standard InChI is InChI=1S/C9H15BrN4O/c1-6(2)15-4-3-12-9-7(10)8(11)13-5-14-9/h5-6H,3-4H2,1-2H3,(H3,11,12,13,14). The van der Waals surface area contributed by atoms with Crippen LogP contribution in [0, 0.1) is 0 Å². The van der Waals surface area contributed by atoms with Crippen LogP contribution in [0.25, 0.3) is 0 Å². The Morgan fingerprint density at radius 3 is 2.93 bits per heavy atom. The third-order valence-electron chi connectivity index (χ3n) is 1.66. The van der Waals surface area contributed by atoms with Crippen molar-refractivity contribution >= 4 is 27.6 Å². The number of rotatable bonds is 5. The highest BCUT2D eigenvalue weighted by Crippen LogP contribution is 2.23. The minimum atomic E-state index is 0.241. The molecule has 0 aliphatic rings. The van der Waals surface area contributed by atoms with Crippen molar-refractivity contribution in [3.63, 3.8) is 0 Å². The molecule has 0 radical (unpaired) electrons. The first kappa shape index (κ1) is 12.2. The zero-order valence-electron chi connectivity index (χ0n) is 8.83. The molecular weight excluding hydrogens is 260 g/mol. The SMILES string of the molecule is CC(C)OCCNc1ncnc(N)c1Br. The molecule has 0 unspecified atom stereocenters. The van der Waals surface area contributed by atoms with Crippen molar-refractivity contribution in [3.8, 4) is 0 Å². The van der Waals surface area contributed by atoms with Crippen LogP contribution in [0.4, 0.5) is 11.6 Å². The molecule has 1 heterocycles. The first-order valence-electron chi connectivity index (χ1n) is 4.72. The fourth-order valence-electron chi connectivity index (χ4n) is 0.971. The van der Waals surface area contributed by atoms with Crippen molar-refractivity contribution in [1.82, 2.24) is 9.97 Å². The fraction of sp³-hybridized carbons (Fsp3) is 0.556. The van der Waals surface area contributed by atoms with E-state index in [1.807, 2.05) is 13.8 Å². The molecule has 1 aromatic heterocycles. The zero-order chi connectivity index (χ0) is 11.3. The zero-order valence-corrected chi connectivity index (χ0v) is 10.4. The van der Waals surface area contributed by atoms with E-state index in [0.29, 0.717) is 29.3 Å². The van der Waals surface area contributed by atoms with E-state index in [0.717, 1.165) is 0 Å². The Hall–Kier alpha value is -0.880. The first-order valence-corrected chi connectivity index (χ1v) is 5.52. The summed E-state index contributed by atoms with van der Waals surface area (Å²) >= 11 is 3.31. The van der Waals surface area contributed by atoms with Gasteiger partial charge < -0.3 is 15.8 Å². The monoisotopic (exact) mass is 274 g/mol. The van der Waals surface area contributed by atoms with Gasteiger partial charge >= 0.3 is 0 Å². The Morgan fingerprint density at radius 2 is 2.27 bits per heavy atom. The van der Waals surface area contributed by atoms with Gasteiger partial charge in [-0.1, -0.05) is 0 Å². The molecule has 0 bridgehead atoms. The van der Waals surface area contributed by atoms with E-state index < -0.39 is 0 Å². The third kappa shape index (κ3) is 4.01. The van der Waals surface area contributed by atoms with Gasteiger partial charge in [-0.2, -0.15) is 0 Å². The maximum Gasteiger partial charge on any atom is 0.146 e. The van der Waals surface area contributed by atoms with Crippen molar-refractivity contribution in [1.29, 1.82) is 0 Å². The Labute approximate surface area is 97.6 Å². The topological polar surface area (TPSA) is 73.1 Å². The normalized spacial score (nSPS) is 10.7. The summed E-state index contributed by atoms with van der Waals surface area (Å²) in [5.74, 6) is 1.12. The van der Waals surface area contributed by atoms with Crippen LogP contribution in [0.5, 0.6) is 0 Å². The van der Waals surface area contributed by atoms with Crippen LogP contribution < -0.4 is 11.1 Å². The Kier molecular flexibility index (Phi) is 4.77. The number of hydrogen-bond acceptors (Lipinski definition) is 5. The summed E-state index contributed by atoms with van der Waals surface area (Å²) in [6.07, 6.45) is 1.66. The molecule has 0 saturated heterocycles. The highest BCUT2D eigenvalue weighted by molar-refractivity contribution is 9.10. The summed E-state index contributed by atoms with van der Waals surface area (Å²) in [5, 5.41) is 3.11. The maximum absolute atomic E-state index is 5.60. The highest BCUT2D eigenvalue weighted by Gasteiger charge is 2.04. The summed E-state index contributed by atoms with van der Waals surface area (Å²) in [6.45, 7) is 5.32. The van der Waals surface area contributed by atoms with Gasteiger partial charge in [-0.05, 0) is 29.8 Å². The predicted molar refractivity (Wildman–Crippen MR) is 63.7 cm³/mol. The van der Waals surface area contributed by atoms with Crippen molar-refractivity contribution in [2.75, 3.05) is 24.2 Å². The van der Waals surface area contributed by atoms with Gasteiger partial charge in [0.2, 0.25) is 0 Å². The lowest BCUT2D eigenvalue weighted by atomic mass is 10.5. The van der Waals surface area contributed by atoms with E-state index in [-0.39, 0.29) is 6.10 Å². The largest absolute Gasteiger partial charge is 0.383 e. The van der Waals surface area contributed by atoms with Crippen molar-refractivity contribution < 1.29 is 4.74 Å². The van der Waals surface area contributed by atoms with Gasteiger partial charge in [-0.3, -0.25) is 0 Å². The molecule has 0 aliphatic heterocycles. The molecule has 0 fully saturated rings. The number of hydrogen-bond donors (Lipinski definition) is 2. The van der Waals surface area contributed by atoms with Gasteiger partial charge in [0.05, 0.1) is 12.7 Å². The molecule has 0 aliphatic carbocycles. The highest BCUT2D eigenvalue weighted by atomic mass is 79.9. The van der Waals surface area contributed by atoms with Crippen LogP contribution in [0.1, 0.15) is 13.8 Å². The van der Waals surface area contributed by atoms with Crippen molar-refractivity contribution in [2.45, 2.75) is 20.0 Å². The number of nitrogens with two attached hydrogens (primary N) is 1. The van der Waals surface area contributed by atoms with Crippen molar-refractivity contribution in [3.05, 3.63) is 10.8 Å². The number of nitrogens with one attached hydrogen (secondary N) is 1. The lowest BCUT2D eigenvalue weighted by Gasteiger charge is -2.10. The number of nitrogen functional groups attached to an aromatic ring is 1. The van der Waals surface area contributed by atoms with E-state index in [9.17, 15) is 0 Å². The number of nitrogens with zero attached hydrogens (tertiary/aromatic N) is 2. The van der Waals surface area contributed by atoms with Crippen LogP contribution in [0.2, 0.25) is 0 Å².